The first-order chi connectivity index (χ1) is 10.9. The molecular weight excluding hydrogens is 320 g/mol. The van der Waals surface area contributed by atoms with Gasteiger partial charge in [-0.2, -0.15) is 4.31 Å². The highest BCUT2D eigenvalue weighted by molar-refractivity contribution is 7.89. The summed E-state index contributed by atoms with van der Waals surface area (Å²) < 4.78 is 31.5. The summed E-state index contributed by atoms with van der Waals surface area (Å²) in [5.41, 5.74) is 0.509. The molecule has 8 nitrogen and oxygen atoms in total. The smallest absolute Gasteiger partial charge is 0.239 e. The predicted octanol–water partition coefficient (Wildman–Crippen LogP) is 0.306. The number of hydrogen-bond donors (Lipinski definition) is 1. The van der Waals surface area contributed by atoms with E-state index in [4.69, 9.17) is 0 Å². The standard InChI is InChI=1S/C14H18N4O4S/c1-10-7-11(2)9-17(8-10)23(20,21)13-5-3-12(4-6-13)18-15-14(19)22-16-18/h3-6,10-11H,7-9H2,1-2H3/p+1/t10-,11-/m1/s1. The van der Waals surface area contributed by atoms with Crippen LogP contribution in [0.3, 0.4) is 0 Å². The summed E-state index contributed by atoms with van der Waals surface area (Å²) in [4.78, 5) is 12.3. The third-order valence-electron chi connectivity index (χ3n) is 3.96. The fraction of sp³-hybridized carbons (Fsp3) is 0.500. The van der Waals surface area contributed by atoms with Gasteiger partial charge in [0.25, 0.3) is 5.69 Å². The number of benzene rings is 1. The van der Waals surface area contributed by atoms with E-state index in [0.29, 0.717) is 30.6 Å². The normalized spacial score (nSPS) is 23.0. The average molecular weight is 339 g/mol. The first-order valence-corrected chi connectivity index (χ1v) is 8.89. The predicted molar refractivity (Wildman–Crippen MR) is 80.4 cm³/mol. The van der Waals surface area contributed by atoms with Gasteiger partial charge in [-0.1, -0.05) is 18.9 Å². The average Bonchev–Trinajstić information content (AvgIpc) is 2.93. The lowest BCUT2D eigenvalue weighted by molar-refractivity contribution is -0.725. The molecule has 0 bridgehead atoms. The Morgan fingerprint density at radius 1 is 1.22 bits per heavy atom. The highest BCUT2D eigenvalue weighted by atomic mass is 32.2. The van der Waals surface area contributed by atoms with Crippen LogP contribution < -0.4 is 10.6 Å². The molecule has 0 spiro atoms. The number of sulfonamides is 1. The van der Waals surface area contributed by atoms with Crippen LogP contribution in [0.4, 0.5) is 0 Å². The number of nitrogens with zero attached hydrogens (tertiary/aromatic N) is 3. The highest BCUT2D eigenvalue weighted by Gasteiger charge is 2.31. The Balaban J connectivity index is 1.87. The van der Waals surface area contributed by atoms with Crippen LogP contribution in [-0.4, -0.2) is 36.2 Å². The molecule has 2 atom stereocenters. The number of nitrogens with one attached hydrogen (secondary N) is 1. The van der Waals surface area contributed by atoms with Crippen LogP contribution in [0.2, 0.25) is 0 Å². The van der Waals surface area contributed by atoms with Crippen molar-refractivity contribution in [3.63, 3.8) is 0 Å². The Morgan fingerprint density at radius 3 is 2.35 bits per heavy atom. The fourth-order valence-corrected chi connectivity index (χ4v) is 4.71. The van der Waals surface area contributed by atoms with Crippen molar-refractivity contribution >= 4 is 10.0 Å². The molecule has 0 saturated carbocycles. The Labute approximate surface area is 133 Å². The fourth-order valence-electron chi connectivity index (χ4n) is 3.03. The van der Waals surface area contributed by atoms with Crippen LogP contribution in [0, 0.1) is 11.8 Å². The van der Waals surface area contributed by atoms with Gasteiger partial charge in [-0.15, -0.1) is 0 Å². The summed E-state index contributed by atoms with van der Waals surface area (Å²) in [6.45, 7) is 5.22. The molecule has 124 valence electrons. The van der Waals surface area contributed by atoms with Crippen molar-refractivity contribution in [3.8, 4) is 5.69 Å². The third kappa shape index (κ3) is 3.20. The second-order valence-electron chi connectivity index (χ2n) is 6.15. The van der Waals surface area contributed by atoms with Gasteiger partial charge in [-0.25, -0.2) is 17.7 Å². The van der Waals surface area contributed by atoms with Gasteiger partial charge in [-0.3, -0.25) is 0 Å². The SMILES string of the molecule is C[C@@H]1C[C@@H](C)CN(S(=O)(=O)c2ccc(-[n+]3noc(=O)[nH]3)cc2)C1. The van der Waals surface area contributed by atoms with Crippen molar-refractivity contribution in [2.75, 3.05) is 13.1 Å². The summed E-state index contributed by atoms with van der Waals surface area (Å²) in [6, 6.07) is 6.16. The van der Waals surface area contributed by atoms with E-state index in [0.717, 1.165) is 11.2 Å². The molecule has 1 saturated heterocycles. The van der Waals surface area contributed by atoms with Gasteiger partial charge in [0.05, 0.1) is 9.69 Å². The van der Waals surface area contributed by atoms with E-state index < -0.39 is 15.8 Å². The number of hydrogen-bond acceptors (Lipinski definition) is 5. The summed E-state index contributed by atoms with van der Waals surface area (Å²) in [7, 11) is -3.51. The van der Waals surface area contributed by atoms with E-state index in [1.807, 2.05) is 0 Å². The molecule has 1 aromatic heterocycles. The topological polar surface area (TPSA) is 100 Å². The van der Waals surface area contributed by atoms with Crippen LogP contribution in [-0.2, 0) is 10.0 Å². The van der Waals surface area contributed by atoms with Crippen LogP contribution in [0.25, 0.3) is 5.69 Å². The van der Waals surface area contributed by atoms with Gasteiger partial charge in [0.1, 0.15) is 0 Å². The van der Waals surface area contributed by atoms with E-state index >= 15 is 0 Å². The van der Waals surface area contributed by atoms with E-state index in [1.165, 1.54) is 12.1 Å². The van der Waals surface area contributed by atoms with Gasteiger partial charge in [0.2, 0.25) is 15.3 Å². The zero-order valence-corrected chi connectivity index (χ0v) is 13.8. The molecule has 23 heavy (non-hydrogen) atoms. The molecule has 9 heteroatoms. The molecular formula is C14H19N4O4S+. The summed E-state index contributed by atoms with van der Waals surface area (Å²) in [5, 5.41) is 5.85. The summed E-state index contributed by atoms with van der Waals surface area (Å²) >= 11 is 0. The minimum atomic E-state index is -3.51. The maximum absolute atomic E-state index is 12.8. The van der Waals surface area contributed by atoms with Crippen LogP contribution in [0.5, 0.6) is 0 Å². The number of aromatic nitrogens is 3. The van der Waals surface area contributed by atoms with Crippen molar-refractivity contribution in [2.24, 2.45) is 11.8 Å². The molecule has 1 aromatic carbocycles. The highest BCUT2D eigenvalue weighted by Crippen LogP contribution is 2.26. The lowest BCUT2D eigenvalue weighted by atomic mass is 9.94. The van der Waals surface area contributed by atoms with Gasteiger partial charge in [0.15, 0.2) is 0 Å². The van der Waals surface area contributed by atoms with Crippen LogP contribution in [0.15, 0.2) is 38.5 Å². The lowest BCUT2D eigenvalue weighted by Crippen LogP contribution is -2.42. The largest absolute Gasteiger partial charge is 0.493 e. The van der Waals surface area contributed by atoms with Crippen molar-refractivity contribution in [1.29, 1.82) is 0 Å². The molecule has 0 aliphatic carbocycles. The minimum absolute atomic E-state index is 0.231. The van der Waals surface area contributed by atoms with Crippen molar-refractivity contribution in [3.05, 3.63) is 34.8 Å². The molecule has 3 rings (SSSR count). The zero-order chi connectivity index (χ0) is 16.6. The van der Waals surface area contributed by atoms with E-state index in [9.17, 15) is 13.2 Å². The quantitative estimate of drug-likeness (QED) is 0.811. The summed E-state index contributed by atoms with van der Waals surface area (Å²) in [6.07, 6.45) is 1.04. The summed E-state index contributed by atoms with van der Waals surface area (Å²) in [5.74, 6) is 0.0186. The monoisotopic (exact) mass is 339 g/mol. The first-order valence-electron chi connectivity index (χ1n) is 7.45. The van der Waals surface area contributed by atoms with Gasteiger partial charge in [-0.05, 0) is 30.4 Å². The maximum atomic E-state index is 12.8. The number of piperidine rings is 1. The van der Waals surface area contributed by atoms with Crippen molar-refractivity contribution < 1.29 is 17.7 Å². The minimum Gasteiger partial charge on any atom is -0.239 e. The molecule has 1 fully saturated rings. The Bertz CT molecular complexity index is 830. The number of H-pyrrole nitrogens is 1. The molecule has 1 N–H and O–H groups in total. The lowest BCUT2D eigenvalue weighted by Gasteiger charge is -2.34. The molecule has 2 heterocycles. The Hall–Kier alpha value is -2.00. The second kappa shape index (κ2) is 5.89. The van der Waals surface area contributed by atoms with Crippen molar-refractivity contribution in [1.82, 2.24) is 14.7 Å². The molecule has 0 unspecified atom stereocenters. The van der Waals surface area contributed by atoms with Crippen LogP contribution >= 0.6 is 0 Å². The maximum Gasteiger partial charge on any atom is 0.493 e. The zero-order valence-electron chi connectivity index (χ0n) is 13.0. The molecule has 1 aliphatic rings. The van der Waals surface area contributed by atoms with E-state index in [1.54, 1.807) is 16.4 Å². The third-order valence-corrected chi connectivity index (χ3v) is 5.80. The molecule has 1 aliphatic heterocycles. The van der Waals surface area contributed by atoms with Gasteiger partial charge >= 0.3 is 5.76 Å². The van der Waals surface area contributed by atoms with E-state index in [-0.39, 0.29) is 4.90 Å². The number of aromatic amines is 1. The van der Waals surface area contributed by atoms with E-state index in [2.05, 4.69) is 28.7 Å². The Kier molecular flexibility index (Phi) is 4.07. The first kappa shape index (κ1) is 15.9. The van der Waals surface area contributed by atoms with Gasteiger partial charge in [0, 0.05) is 25.2 Å². The van der Waals surface area contributed by atoms with Gasteiger partial charge < -0.3 is 0 Å². The second-order valence-corrected chi connectivity index (χ2v) is 8.08. The molecule has 0 radical (unpaired) electrons. The Morgan fingerprint density at radius 2 is 1.83 bits per heavy atom. The van der Waals surface area contributed by atoms with Crippen LogP contribution in [0.1, 0.15) is 20.3 Å². The molecule has 0 amide bonds. The number of rotatable bonds is 3. The van der Waals surface area contributed by atoms with Crippen molar-refractivity contribution in [2.45, 2.75) is 25.2 Å². The molecule has 2 aromatic rings.